The molecule has 1 saturated heterocycles. The molecule has 8 heteroatoms. The van der Waals surface area contributed by atoms with Crippen LogP contribution in [0.15, 0.2) is 0 Å². The molecule has 1 N–H and O–H groups in total. The Morgan fingerprint density at radius 3 is 2.26 bits per heavy atom. The first-order valence-corrected chi connectivity index (χ1v) is 7.74. The van der Waals surface area contributed by atoms with E-state index in [1.807, 2.05) is 0 Å². The molecule has 1 heterocycles. The van der Waals surface area contributed by atoms with Crippen molar-refractivity contribution in [3.05, 3.63) is 0 Å². The zero-order chi connectivity index (χ0) is 15.1. The topological polar surface area (TPSA) is 57.6 Å². The summed E-state index contributed by atoms with van der Waals surface area (Å²) in [5.41, 5.74) is -5.53. The highest BCUT2D eigenvalue weighted by molar-refractivity contribution is 7.86. The third-order valence-corrected chi connectivity index (χ3v) is 3.57. The molecule has 0 aromatic rings. The predicted octanol–water partition coefficient (Wildman–Crippen LogP) is 2.91. The normalized spacial score (nSPS) is 21.7. The van der Waals surface area contributed by atoms with Gasteiger partial charge in [-0.15, -0.1) is 0 Å². The highest BCUT2D eigenvalue weighted by atomic mass is 32.2. The Hall–Kier alpha value is -0.340. The number of unbranched alkanes of at least 4 members (excludes halogenated alkanes) is 1. The lowest BCUT2D eigenvalue weighted by Gasteiger charge is -2.29. The van der Waals surface area contributed by atoms with E-state index in [9.17, 15) is 13.2 Å². The van der Waals surface area contributed by atoms with Gasteiger partial charge >= 0.3 is 15.6 Å². The Bertz CT molecular complexity index is 344. The van der Waals surface area contributed by atoms with Crippen molar-refractivity contribution in [2.24, 2.45) is 5.92 Å². The summed E-state index contributed by atoms with van der Waals surface area (Å²) in [6.45, 7) is 4.95. The van der Waals surface area contributed by atoms with Crippen LogP contribution in [0.5, 0.6) is 0 Å². The Labute approximate surface area is 112 Å². The minimum absolute atomic E-state index is 1.01. The largest absolute Gasteiger partial charge is 0.522 e. The monoisotopic (exact) mass is 305 g/mol. The van der Waals surface area contributed by atoms with Gasteiger partial charge in [0.1, 0.15) is 0 Å². The summed E-state index contributed by atoms with van der Waals surface area (Å²) < 4.78 is 57.5. The number of halogens is 3. The van der Waals surface area contributed by atoms with Crippen LogP contribution in [0, 0.1) is 5.92 Å². The van der Waals surface area contributed by atoms with E-state index < -0.39 is 15.6 Å². The molecule has 1 unspecified atom stereocenters. The number of rotatable bonds is 3. The van der Waals surface area contributed by atoms with Crippen LogP contribution in [0.1, 0.15) is 39.0 Å². The lowest BCUT2D eigenvalue weighted by atomic mass is 9.93. The van der Waals surface area contributed by atoms with Gasteiger partial charge in [-0.2, -0.15) is 21.6 Å². The van der Waals surface area contributed by atoms with Gasteiger partial charge in [-0.05, 0) is 38.8 Å². The van der Waals surface area contributed by atoms with Crippen LogP contribution in [0.3, 0.4) is 0 Å². The molecule has 1 atom stereocenters. The number of likely N-dealkylation sites (tertiary alicyclic amines) is 1. The average molecular weight is 305 g/mol. The van der Waals surface area contributed by atoms with E-state index in [1.165, 1.54) is 45.2 Å². The Balaban J connectivity index is 0.000000362. The highest BCUT2D eigenvalue weighted by Crippen LogP contribution is 2.21. The van der Waals surface area contributed by atoms with Gasteiger partial charge in [0.2, 0.25) is 0 Å². The second kappa shape index (κ2) is 8.06. The van der Waals surface area contributed by atoms with E-state index in [4.69, 9.17) is 13.0 Å². The molecule has 1 fully saturated rings. The minimum atomic E-state index is -5.84. The molecule has 0 spiro atoms. The quantitative estimate of drug-likeness (QED) is 0.643. The van der Waals surface area contributed by atoms with E-state index in [1.54, 1.807) is 0 Å². The standard InChI is InChI=1S/C10H21N.CHF3O3S/c1-3-4-6-10-7-5-8-11(2)9-10;2-1(3,4)8(5,6)7/h10H,3-9H2,1-2H3;(H,5,6,7). The maximum Gasteiger partial charge on any atom is 0.522 e. The number of nitrogens with zero attached hydrogens (tertiary/aromatic N) is 1. The van der Waals surface area contributed by atoms with E-state index in [0.29, 0.717) is 0 Å². The maximum absolute atomic E-state index is 10.7. The summed E-state index contributed by atoms with van der Waals surface area (Å²) in [5, 5.41) is 0. The van der Waals surface area contributed by atoms with Crippen molar-refractivity contribution in [3.63, 3.8) is 0 Å². The van der Waals surface area contributed by atoms with Gasteiger partial charge in [0.05, 0.1) is 0 Å². The van der Waals surface area contributed by atoms with Crippen LogP contribution in [0.4, 0.5) is 13.2 Å². The fourth-order valence-corrected chi connectivity index (χ4v) is 2.00. The van der Waals surface area contributed by atoms with Crippen LogP contribution in [-0.4, -0.2) is 43.5 Å². The summed E-state index contributed by atoms with van der Waals surface area (Å²) in [6, 6.07) is 0. The first kappa shape index (κ1) is 18.7. The van der Waals surface area contributed by atoms with Crippen molar-refractivity contribution in [1.29, 1.82) is 0 Å². The van der Waals surface area contributed by atoms with Gasteiger partial charge in [-0.25, -0.2) is 0 Å². The molecule has 0 aromatic carbocycles. The van der Waals surface area contributed by atoms with Gasteiger partial charge in [0, 0.05) is 6.54 Å². The van der Waals surface area contributed by atoms with E-state index in [-0.39, 0.29) is 0 Å². The summed E-state index contributed by atoms with van der Waals surface area (Å²) in [6.07, 6.45) is 7.15. The number of hydrogen-bond acceptors (Lipinski definition) is 3. The van der Waals surface area contributed by atoms with E-state index in [2.05, 4.69) is 18.9 Å². The van der Waals surface area contributed by atoms with Crippen molar-refractivity contribution in [2.75, 3.05) is 20.1 Å². The van der Waals surface area contributed by atoms with Crippen LogP contribution >= 0.6 is 0 Å². The zero-order valence-corrected chi connectivity index (χ0v) is 12.1. The molecule has 0 bridgehead atoms. The van der Waals surface area contributed by atoms with Gasteiger partial charge in [-0.3, -0.25) is 4.55 Å². The molecular formula is C11H22F3NO3S. The summed E-state index contributed by atoms with van der Waals surface area (Å²) in [4.78, 5) is 2.48. The first-order chi connectivity index (χ1) is 8.58. The number of piperidine rings is 1. The maximum atomic E-state index is 10.7. The van der Waals surface area contributed by atoms with E-state index >= 15 is 0 Å². The van der Waals surface area contributed by atoms with Crippen LogP contribution in [0.25, 0.3) is 0 Å². The molecule has 0 aromatic heterocycles. The van der Waals surface area contributed by atoms with Crippen molar-refractivity contribution in [2.45, 2.75) is 44.5 Å². The zero-order valence-electron chi connectivity index (χ0n) is 11.3. The van der Waals surface area contributed by atoms with Gasteiger partial charge in [0.15, 0.2) is 0 Å². The van der Waals surface area contributed by atoms with Crippen LogP contribution in [0.2, 0.25) is 0 Å². The fourth-order valence-electron chi connectivity index (χ4n) is 2.00. The third kappa shape index (κ3) is 8.43. The van der Waals surface area contributed by atoms with Gasteiger partial charge in [0.25, 0.3) is 0 Å². The van der Waals surface area contributed by atoms with Crippen molar-refractivity contribution < 1.29 is 26.1 Å². The lowest BCUT2D eigenvalue weighted by Crippen LogP contribution is -2.31. The predicted molar refractivity (Wildman–Crippen MR) is 67.3 cm³/mol. The second-order valence-electron chi connectivity index (χ2n) is 4.83. The SMILES string of the molecule is CCCCC1CCCN(C)C1.O=S(=O)(O)C(F)(F)F. The minimum Gasteiger partial charge on any atom is -0.306 e. The molecule has 0 saturated carbocycles. The summed E-state index contributed by atoms with van der Waals surface area (Å²) in [7, 11) is -3.59. The van der Waals surface area contributed by atoms with Gasteiger partial charge in [-0.1, -0.05) is 19.8 Å². The second-order valence-corrected chi connectivity index (χ2v) is 6.25. The smallest absolute Gasteiger partial charge is 0.306 e. The van der Waals surface area contributed by atoms with E-state index in [0.717, 1.165) is 5.92 Å². The van der Waals surface area contributed by atoms with Crippen LogP contribution < -0.4 is 0 Å². The third-order valence-electron chi connectivity index (χ3n) is 2.98. The molecule has 0 aliphatic carbocycles. The number of hydrogen-bond donors (Lipinski definition) is 1. The fraction of sp³-hybridized carbons (Fsp3) is 1.00. The average Bonchev–Trinajstić information content (AvgIpc) is 2.24. The molecule has 19 heavy (non-hydrogen) atoms. The summed E-state index contributed by atoms with van der Waals surface area (Å²) >= 11 is 0. The molecular weight excluding hydrogens is 283 g/mol. The molecule has 1 aliphatic rings. The Morgan fingerprint density at radius 2 is 1.89 bits per heavy atom. The van der Waals surface area contributed by atoms with Gasteiger partial charge < -0.3 is 4.90 Å². The first-order valence-electron chi connectivity index (χ1n) is 6.30. The summed E-state index contributed by atoms with van der Waals surface area (Å²) in [5.74, 6) is 1.01. The molecule has 1 aliphatic heterocycles. The lowest BCUT2D eigenvalue weighted by molar-refractivity contribution is -0.0510. The molecule has 4 nitrogen and oxygen atoms in total. The Morgan fingerprint density at radius 1 is 1.37 bits per heavy atom. The molecule has 1 rings (SSSR count). The molecule has 0 radical (unpaired) electrons. The highest BCUT2D eigenvalue weighted by Gasteiger charge is 2.44. The van der Waals surface area contributed by atoms with Crippen molar-refractivity contribution in [1.82, 2.24) is 4.90 Å². The Kier molecular flexibility index (Phi) is 7.92. The van der Waals surface area contributed by atoms with Crippen molar-refractivity contribution >= 4 is 10.1 Å². The number of alkyl halides is 3. The van der Waals surface area contributed by atoms with Crippen LogP contribution in [-0.2, 0) is 10.1 Å². The molecule has 116 valence electrons. The molecule has 0 amide bonds. The van der Waals surface area contributed by atoms with Crippen molar-refractivity contribution in [3.8, 4) is 0 Å².